The van der Waals surface area contributed by atoms with Gasteiger partial charge in [-0.05, 0) is 51.7 Å². The van der Waals surface area contributed by atoms with Crippen LogP contribution in [-0.4, -0.2) is 50.1 Å². The van der Waals surface area contributed by atoms with Gasteiger partial charge in [-0.25, -0.2) is 18.2 Å². The molecular formula is C21H27ClF3N5O2. The number of amides is 1. The van der Waals surface area contributed by atoms with Gasteiger partial charge < -0.3 is 15.7 Å². The van der Waals surface area contributed by atoms with Crippen LogP contribution in [0.3, 0.4) is 0 Å². The molecule has 0 saturated heterocycles. The number of halogens is 4. The van der Waals surface area contributed by atoms with Gasteiger partial charge in [-0.3, -0.25) is 9.48 Å². The maximum Gasteiger partial charge on any atom is 0.282 e. The fourth-order valence-corrected chi connectivity index (χ4v) is 3.79. The zero-order chi connectivity index (χ0) is 23.5. The Balaban J connectivity index is 1.61. The predicted octanol–water partition coefficient (Wildman–Crippen LogP) is 4.30. The Morgan fingerprint density at radius 3 is 2.59 bits per heavy atom. The highest BCUT2D eigenvalue weighted by Crippen LogP contribution is 2.31. The number of hydrogen-bond donors (Lipinski definition) is 3. The summed E-state index contributed by atoms with van der Waals surface area (Å²) in [7, 11) is 0. The molecule has 11 heteroatoms. The lowest BCUT2D eigenvalue weighted by Crippen LogP contribution is -2.42. The number of nitrogens with zero attached hydrogens (tertiary/aromatic N) is 3. The van der Waals surface area contributed by atoms with Gasteiger partial charge in [-0.15, -0.1) is 0 Å². The number of aromatic nitrogens is 3. The summed E-state index contributed by atoms with van der Waals surface area (Å²) in [6.45, 7) is 2.31. The molecular weight excluding hydrogens is 447 g/mol. The summed E-state index contributed by atoms with van der Waals surface area (Å²) in [4.78, 5) is 16.5. The van der Waals surface area contributed by atoms with Crippen molar-refractivity contribution >= 4 is 23.2 Å². The zero-order valence-corrected chi connectivity index (χ0v) is 18.6. The lowest BCUT2D eigenvalue weighted by atomic mass is 9.91. The first kappa shape index (κ1) is 24.3. The van der Waals surface area contributed by atoms with Gasteiger partial charge in [0.25, 0.3) is 12.3 Å². The zero-order valence-electron chi connectivity index (χ0n) is 17.9. The van der Waals surface area contributed by atoms with Crippen LogP contribution in [0.2, 0.25) is 5.15 Å². The molecule has 1 atom stereocenters. The number of aliphatic hydroxyl groups is 1. The van der Waals surface area contributed by atoms with Crippen molar-refractivity contribution in [2.24, 2.45) is 0 Å². The van der Waals surface area contributed by atoms with Gasteiger partial charge in [0.2, 0.25) is 0 Å². The highest BCUT2D eigenvalue weighted by Gasteiger charge is 2.28. The standard InChI is InChI=1S/C21H27ClF3N5O2/c1-21(2,32)17(23)11-27-20(31)14-10-26-18(22)9-16(14)28-12-3-5-13(6-4-12)30-8-7-15(29-30)19(24)25/h7-10,12-13,17,19,32H,3-6,11H2,1-2H3,(H,26,28)(H,27,31)/t12?,13?,17-/m1/s1. The number of anilines is 1. The molecule has 2 heterocycles. The van der Waals surface area contributed by atoms with Gasteiger partial charge in [0.1, 0.15) is 17.0 Å². The van der Waals surface area contributed by atoms with Crippen LogP contribution in [0.5, 0.6) is 0 Å². The molecule has 1 amide bonds. The van der Waals surface area contributed by atoms with Crippen LogP contribution in [0.4, 0.5) is 18.9 Å². The van der Waals surface area contributed by atoms with Crippen molar-refractivity contribution in [2.75, 3.05) is 11.9 Å². The average molecular weight is 474 g/mol. The van der Waals surface area contributed by atoms with Crippen LogP contribution in [0, 0.1) is 0 Å². The van der Waals surface area contributed by atoms with Crippen LogP contribution >= 0.6 is 11.6 Å². The van der Waals surface area contributed by atoms with E-state index in [1.54, 1.807) is 10.9 Å². The molecule has 32 heavy (non-hydrogen) atoms. The molecule has 7 nitrogen and oxygen atoms in total. The van der Waals surface area contributed by atoms with E-state index in [0.717, 1.165) is 25.7 Å². The Bertz CT molecular complexity index is 926. The first-order chi connectivity index (χ1) is 15.0. The van der Waals surface area contributed by atoms with Crippen molar-refractivity contribution in [1.82, 2.24) is 20.1 Å². The number of alkyl halides is 3. The Hall–Kier alpha value is -2.33. The van der Waals surface area contributed by atoms with E-state index in [9.17, 15) is 23.1 Å². The van der Waals surface area contributed by atoms with Crippen molar-refractivity contribution in [3.8, 4) is 0 Å². The molecule has 3 N–H and O–H groups in total. The second-order valence-corrected chi connectivity index (χ2v) is 8.94. The number of rotatable bonds is 8. The van der Waals surface area contributed by atoms with Gasteiger partial charge in [-0.2, -0.15) is 5.10 Å². The minimum absolute atomic E-state index is 0.0340. The number of carbonyl (C=O) groups is 1. The highest BCUT2D eigenvalue weighted by molar-refractivity contribution is 6.29. The van der Waals surface area contributed by atoms with E-state index in [4.69, 9.17) is 11.6 Å². The normalized spacial score (nSPS) is 20.2. The van der Waals surface area contributed by atoms with Crippen LogP contribution in [0.25, 0.3) is 0 Å². The highest BCUT2D eigenvalue weighted by atomic mass is 35.5. The predicted molar refractivity (Wildman–Crippen MR) is 115 cm³/mol. The van der Waals surface area contributed by atoms with Gasteiger partial charge in [0.15, 0.2) is 0 Å². The summed E-state index contributed by atoms with van der Waals surface area (Å²) >= 11 is 6.01. The van der Waals surface area contributed by atoms with Crippen molar-refractivity contribution in [2.45, 2.75) is 69.8 Å². The Kier molecular flexibility index (Phi) is 7.66. The quantitative estimate of drug-likeness (QED) is 0.497. The van der Waals surface area contributed by atoms with Gasteiger partial charge >= 0.3 is 0 Å². The number of hydrogen-bond acceptors (Lipinski definition) is 5. The second-order valence-electron chi connectivity index (χ2n) is 8.55. The molecule has 1 fully saturated rings. The molecule has 0 bridgehead atoms. The Morgan fingerprint density at radius 1 is 1.31 bits per heavy atom. The first-order valence-corrected chi connectivity index (χ1v) is 10.8. The monoisotopic (exact) mass is 473 g/mol. The van der Waals surface area contributed by atoms with Crippen molar-refractivity contribution in [1.29, 1.82) is 0 Å². The molecule has 0 aromatic carbocycles. The van der Waals surface area contributed by atoms with Gasteiger partial charge in [0, 0.05) is 18.4 Å². The third kappa shape index (κ3) is 6.13. The van der Waals surface area contributed by atoms with E-state index in [1.807, 2.05) is 0 Å². The molecule has 1 aliphatic rings. The molecule has 0 spiro atoms. The molecule has 176 valence electrons. The van der Waals surface area contributed by atoms with Crippen LogP contribution in [-0.2, 0) is 0 Å². The lowest BCUT2D eigenvalue weighted by Gasteiger charge is -2.30. The summed E-state index contributed by atoms with van der Waals surface area (Å²) in [6.07, 6.45) is 1.61. The third-order valence-electron chi connectivity index (χ3n) is 5.61. The first-order valence-electron chi connectivity index (χ1n) is 10.4. The molecule has 3 rings (SSSR count). The van der Waals surface area contributed by atoms with E-state index < -0.39 is 24.1 Å². The minimum atomic E-state index is -2.59. The van der Waals surface area contributed by atoms with E-state index in [2.05, 4.69) is 20.7 Å². The summed E-state index contributed by atoms with van der Waals surface area (Å²) < 4.78 is 41.1. The molecule has 0 aliphatic heterocycles. The smallest absolute Gasteiger partial charge is 0.282 e. The van der Waals surface area contributed by atoms with Gasteiger partial charge in [-0.1, -0.05) is 11.6 Å². The van der Waals surface area contributed by atoms with Crippen LogP contribution in [0.15, 0.2) is 24.5 Å². The molecule has 0 unspecified atom stereocenters. The molecule has 2 aromatic heterocycles. The summed E-state index contributed by atoms with van der Waals surface area (Å²) in [5, 5.41) is 19.6. The summed E-state index contributed by atoms with van der Waals surface area (Å²) in [5.74, 6) is -0.534. The van der Waals surface area contributed by atoms with Crippen LogP contribution in [0.1, 0.15) is 68.0 Å². The van der Waals surface area contributed by atoms with Crippen molar-refractivity contribution in [3.05, 3.63) is 40.9 Å². The molecule has 2 aromatic rings. The van der Waals surface area contributed by atoms with E-state index in [-0.39, 0.29) is 35.0 Å². The van der Waals surface area contributed by atoms with E-state index in [1.165, 1.54) is 32.2 Å². The molecule has 1 aliphatic carbocycles. The lowest BCUT2D eigenvalue weighted by molar-refractivity contribution is -0.00177. The fourth-order valence-electron chi connectivity index (χ4n) is 3.63. The summed E-state index contributed by atoms with van der Waals surface area (Å²) in [6, 6.07) is 2.94. The van der Waals surface area contributed by atoms with Crippen LogP contribution < -0.4 is 10.6 Å². The number of carbonyl (C=O) groups excluding carboxylic acids is 1. The summed E-state index contributed by atoms with van der Waals surface area (Å²) in [5.41, 5.74) is -1.11. The van der Waals surface area contributed by atoms with Crippen molar-refractivity contribution < 1.29 is 23.1 Å². The molecule has 0 radical (unpaired) electrons. The number of pyridine rings is 1. The fraction of sp³-hybridized carbons (Fsp3) is 0.571. The third-order valence-corrected chi connectivity index (χ3v) is 5.81. The maximum absolute atomic E-state index is 14.0. The Labute approximate surface area is 189 Å². The average Bonchev–Trinajstić information content (AvgIpc) is 3.22. The van der Waals surface area contributed by atoms with Crippen molar-refractivity contribution in [3.63, 3.8) is 0 Å². The van der Waals surface area contributed by atoms with E-state index >= 15 is 0 Å². The second kappa shape index (κ2) is 10.1. The number of nitrogens with one attached hydrogen (secondary N) is 2. The molecule has 1 saturated carbocycles. The topological polar surface area (TPSA) is 92.1 Å². The SMILES string of the molecule is CC(C)(O)[C@H](F)CNC(=O)c1cnc(Cl)cc1NC1CCC(n2ccc(C(F)F)n2)CC1. The van der Waals surface area contributed by atoms with Gasteiger partial charge in [0.05, 0.1) is 29.4 Å². The van der Waals surface area contributed by atoms with E-state index in [0.29, 0.717) is 5.69 Å². The minimum Gasteiger partial charge on any atom is -0.387 e. The Morgan fingerprint density at radius 2 is 2.00 bits per heavy atom. The largest absolute Gasteiger partial charge is 0.387 e. The maximum atomic E-state index is 14.0.